The maximum absolute atomic E-state index is 13.0. The minimum absolute atomic E-state index is 0.00594. The van der Waals surface area contributed by atoms with Crippen molar-refractivity contribution in [3.05, 3.63) is 59.7 Å². The first-order valence-electron chi connectivity index (χ1n) is 12.7. The van der Waals surface area contributed by atoms with E-state index in [4.69, 9.17) is 4.74 Å². The predicted molar refractivity (Wildman–Crippen MR) is 131 cm³/mol. The Balaban J connectivity index is 1.21. The summed E-state index contributed by atoms with van der Waals surface area (Å²) in [7, 11) is 0. The Morgan fingerprint density at radius 2 is 1.51 bits per heavy atom. The SMILES string of the molecule is O=C(NC1CCCCC1C(=O)NC(C(=O)O)C1CCC1)OCC1c2ccccc2-c2ccccc21. The number of carboxylic acids is 1. The van der Waals surface area contributed by atoms with Gasteiger partial charge in [-0.3, -0.25) is 4.79 Å². The number of carbonyl (C=O) groups is 3. The molecule has 0 radical (unpaired) electrons. The molecule has 2 amide bonds. The number of hydrogen-bond donors (Lipinski definition) is 3. The van der Waals surface area contributed by atoms with E-state index in [0.717, 1.165) is 43.2 Å². The molecule has 2 saturated carbocycles. The molecule has 35 heavy (non-hydrogen) atoms. The van der Waals surface area contributed by atoms with Crippen LogP contribution in [-0.4, -0.2) is 41.8 Å². The number of aliphatic carboxylic acids is 1. The highest BCUT2D eigenvalue weighted by Gasteiger charge is 2.38. The van der Waals surface area contributed by atoms with Crippen LogP contribution < -0.4 is 10.6 Å². The highest BCUT2D eigenvalue weighted by molar-refractivity contribution is 5.86. The molecule has 7 heteroatoms. The topological polar surface area (TPSA) is 105 Å². The molecule has 184 valence electrons. The number of ether oxygens (including phenoxy) is 1. The second kappa shape index (κ2) is 10.1. The third-order valence-electron chi connectivity index (χ3n) is 7.93. The third kappa shape index (κ3) is 4.77. The molecule has 3 N–H and O–H groups in total. The van der Waals surface area contributed by atoms with Crippen molar-refractivity contribution in [3.8, 4) is 11.1 Å². The van der Waals surface area contributed by atoms with Gasteiger partial charge in [-0.05, 0) is 53.9 Å². The fraction of sp³-hybridized carbons (Fsp3) is 0.464. The van der Waals surface area contributed by atoms with Gasteiger partial charge in [-0.2, -0.15) is 0 Å². The maximum atomic E-state index is 13.0. The van der Waals surface area contributed by atoms with Crippen molar-refractivity contribution < 1.29 is 24.2 Å². The van der Waals surface area contributed by atoms with Crippen LogP contribution in [0.25, 0.3) is 11.1 Å². The summed E-state index contributed by atoms with van der Waals surface area (Å²) in [6.07, 6.45) is 5.18. The summed E-state index contributed by atoms with van der Waals surface area (Å²) in [4.78, 5) is 37.5. The number of alkyl carbamates (subject to hydrolysis) is 1. The van der Waals surface area contributed by atoms with Gasteiger partial charge in [-0.1, -0.05) is 67.8 Å². The molecule has 2 aromatic carbocycles. The Labute approximate surface area is 205 Å². The minimum Gasteiger partial charge on any atom is -0.480 e. The highest BCUT2D eigenvalue weighted by atomic mass is 16.5. The van der Waals surface area contributed by atoms with Gasteiger partial charge < -0.3 is 20.5 Å². The Kier molecular flexibility index (Phi) is 6.75. The predicted octanol–water partition coefficient (Wildman–Crippen LogP) is 4.45. The average molecular weight is 477 g/mol. The van der Waals surface area contributed by atoms with Crippen LogP contribution >= 0.6 is 0 Å². The number of fused-ring (bicyclic) bond motifs is 3. The second-order valence-corrected chi connectivity index (χ2v) is 9.98. The summed E-state index contributed by atoms with van der Waals surface area (Å²) in [5, 5.41) is 15.2. The molecule has 5 rings (SSSR count). The van der Waals surface area contributed by atoms with Crippen LogP contribution in [0.2, 0.25) is 0 Å². The minimum atomic E-state index is -0.986. The number of carboxylic acid groups (broad SMARTS) is 1. The molecule has 0 saturated heterocycles. The van der Waals surface area contributed by atoms with E-state index in [9.17, 15) is 19.5 Å². The lowest BCUT2D eigenvalue weighted by Gasteiger charge is -2.35. The number of amides is 2. The van der Waals surface area contributed by atoms with E-state index in [1.165, 1.54) is 11.1 Å². The van der Waals surface area contributed by atoms with Crippen molar-refractivity contribution in [1.82, 2.24) is 10.6 Å². The summed E-state index contributed by atoms with van der Waals surface area (Å²) in [6, 6.07) is 15.1. The highest BCUT2D eigenvalue weighted by Crippen LogP contribution is 2.44. The van der Waals surface area contributed by atoms with Crippen molar-refractivity contribution in [3.63, 3.8) is 0 Å². The van der Waals surface area contributed by atoms with Crippen molar-refractivity contribution in [2.45, 2.75) is 62.9 Å². The van der Waals surface area contributed by atoms with Crippen molar-refractivity contribution in [2.24, 2.45) is 11.8 Å². The Hall–Kier alpha value is -3.35. The molecule has 7 nitrogen and oxygen atoms in total. The lowest BCUT2D eigenvalue weighted by molar-refractivity contribution is -0.145. The molecule has 0 aliphatic heterocycles. The van der Waals surface area contributed by atoms with Gasteiger partial charge in [0.15, 0.2) is 0 Å². The van der Waals surface area contributed by atoms with E-state index >= 15 is 0 Å². The lowest BCUT2D eigenvalue weighted by atomic mass is 9.78. The smallest absolute Gasteiger partial charge is 0.407 e. The van der Waals surface area contributed by atoms with Crippen LogP contribution in [0.15, 0.2) is 48.5 Å². The normalized spacial score (nSPS) is 22.3. The molecule has 2 fully saturated rings. The van der Waals surface area contributed by atoms with E-state index in [1.807, 2.05) is 24.3 Å². The lowest BCUT2D eigenvalue weighted by Crippen LogP contribution is -2.54. The molecular weight excluding hydrogens is 444 g/mol. The fourth-order valence-electron chi connectivity index (χ4n) is 5.82. The zero-order chi connectivity index (χ0) is 24.4. The largest absolute Gasteiger partial charge is 0.480 e. The van der Waals surface area contributed by atoms with Gasteiger partial charge in [-0.15, -0.1) is 0 Å². The van der Waals surface area contributed by atoms with E-state index < -0.39 is 24.0 Å². The summed E-state index contributed by atoms with van der Waals surface area (Å²) < 4.78 is 5.68. The van der Waals surface area contributed by atoms with E-state index in [0.29, 0.717) is 12.8 Å². The van der Waals surface area contributed by atoms with Gasteiger partial charge in [0, 0.05) is 12.0 Å². The average Bonchev–Trinajstić information content (AvgIpc) is 3.15. The van der Waals surface area contributed by atoms with Crippen molar-refractivity contribution in [2.75, 3.05) is 6.61 Å². The first-order chi connectivity index (χ1) is 17.0. The molecule has 0 spiro atoms. The standard InChI is InChI=1S/C28H32N2O5/c31-26(30-25(27(32)33)17-8-7-9-17)22-14-5-6-15-24(22)29-28(34)35-16-23-20-12-3-1-10-18(20)19-11-2-4-13-21(19)23/h1-4,10-13,17,22-25H,5-9,14-16H2,(H,29,34)(H,30,31)(H,32,33). The molecule has 3 atom stereocenters. The second-order valence-electron chi connectivity index (χ2n) is 9.98. The fourth-order valence-corrected chi connectivity index (χ4v) is 5.82. The van der Waals surface area contributed by atoms with E-state index in [1.54, 1.807) is 0 Å². The van der Waals surface area contributed by atoms with Gasteiger partial charge in [-0.25, -0.2) is 9.59 Å². The van der Waals surface area contributed by atoms with Gasteiger partial charge >= 0.3 is 12.1 Å². The van der Waals surface area contributed by atoms with Crippen LogP contribution in [0.4, 0.5) is 4.79 Å². The van der Waals surface area contributed by atoms with Gasteiger partial charge in [0.05, 0.1) is 5.92 Å². The van der Waals surface area contributed by atoms with Crippen LogP contribution in [-0.2, 0) is 14.3 Å². The van der Waals surface area contributed by atoms with Crippen LogP contribution in [0.1, 0.15) is 62.0 Å². The number of rotatable bonds is 7. The Morgan fingerprint density at radius 1 is 0.886 bits per heavy atom. The Morgan fingerprint density at radius 3 is 2.11 bits per heavy atom. The number of carbonyl (C=O) groups excluding carboxylic acids is 2. The molecule has 0 aromatic heterocycles. The zero-order valence-electron chi connectivity index (χ0n) is 19.7. The summed E-state index contributed by atoms with van der Waals surface area (Å²) in [6.45, 7) is 0.214. The summed E-state index contributed by atoms with van der Waals surface area (Å²) >= 11 is 0. The molecular formula is C28H32N2O5. The van der Waals surface area contributed by atoms with Gasteiger partial charge in [0.25, 0.3) is 0 Å². The van der Waals surface area contributed by atoms with Gasteiger partial charge in [0.2, 0.25) is 5.91 Å². The molecule has 3 aliphatic carbocycles. The summed E-state index contributed by atoms with van der Waals surface area (Å²) in [5.41, 5.74) is 4.63. The van der Waals surface area contributed by atoms with E-state index in [-0.39, 0.29) is 30.4 Å². The van der Waals surface area contributed by atoms with Crippen molar-refractivity contribution >= 4 is 18.0 Å². The molecule has 3 aliphatic rings. The molecule has 0 heterocycles. The van der Waals surface area contributed by atoms with Crippen LogP contribution in [0.5, 0.6) is 0 Å². The number of hydrogen-bond acceptors (Lipinski definition) is 4. The number of nitrogens with one attached hydrogen (secondary N) is 2. The molecule has 0 bridgehead atoms. The first-order valence-corrected chi connectivity index (χ1v) is 12.7. The number of benzene rings is 2. The quantitative estimate of drug-likeness (QED) is 0.548. The van der Waals surface area contributed by atoms with Crippen LogP contribution in [0, 0.1) is 11.8 Å². The Bertz CT molecular complexity index is 1070. The zero-order valence-corrected chi connectivity index (χ0v) is 19.7. The monoisotopic (exact) mass is 476 g/mol. The first kappa shape index (κ1) is 23.4. The van der Waals surface area contributed by atoms with E-state index in [2.05, 4.69) is 34.9 Å². The third-order valence-corrected chi connectivity index (χ3v) is 7.93. The van der Waals surface area contributed by atoms with Crippen LogP contribution in [0.3, 0.4) is 0 Å². The maximum Gasteiger partial charge on any atom is 0.407 e. The summed E-state index contributed by atoms with van der Waals surface area (Å²) in [5.74, 6) is -1.76. The van der Waals surface area contributed by atoms with Gasteiger partial charge in [0.1, 0.15) is 12.6 Å². The van der Waals surface area contributed by atoms with Crippen molar-refractivity contribution in [1.29, 1.82) is 0 Å². The molecule has 2 aromatic rings. The molecule has 3 unspecified atom stereocenters.